The molecule has 0 radical (unpaired) electrons. The maximum atomic E-state index is 13.4. The number of methoxy groups -OCH3 is 1. The van der Waals surface area contributed by atoms with Gasteiger partial charge in [-0.3, -0.25) is 4.79 Å². The number of amides is 1. The number of ether oxygens (including phenoxy) is 1. The van der Waals surface area contributed by atoms with Crippen molar-refractivity contribution in [3.63, 3.8) is 0 Å². The van der Waals surface area contributed by atoms with Crippen LogP contribution in [0.15, 0.2) is 70.9 Å². The molecule has 33 heavy (non-hydrogen) atoms. The number of hydrogen-bond donors (Lipinski definition) is 1. The monoisotopic (exact) mass is 498 g/mol. The largest absolute Gasteiger partial charge is 0.496 e. The Bertz CT molecular complexity index is 1180. The number of sulfonamides is 1. The number of thiophene rings is 1. The highest BCUT2D eigenvalue weighted by Crippen LogP contribution is 2.26. The van der Waals surface area contributed by atoms with Gasteiger partial charge in [-0.1, -0.05) is 24.3 Å². The van der Waals surface area contributed by atoms with Crippen LogP contribution in [0.4, 0.5) is 13.2 Å². The van der Waals surface area contributed by atoms with Gasteiger partial charge in [0, 0.05) is 29.1 Å². The molecule has 176 valence electrons. The molecular weight excluding hydrogens is 477 g/mol. The number of carbonyl (C=O) groups excluding carboxylic acids is 1. The molecule has 2 aromatic carbocycles. The predicted octanol–water partition coefficient (Wildman–Crippen LogP) is 4.44. The second-order valence-corrected chi connectivity index (χ2v) is 9.96. The minimum absolute atomic E-state index is 0.0397. The molecule has 0 bridgehead atoms. The van der Waals surface area contributed by atoms with Crippen LogP contribution >= 0.6 is 11.3 Å². The lowest BCUT2D eigenvalue weighted by atomic mass is 10.2. The minimum Gasteiger partial charge on any atom is -0.496 e. The Morgan fingerprint density at radius 1 is 1.03 bits per heavy atom. The molecular formula is C22H21F3N2O4S2. The molecule has 0 saturated heterocycles. The van der Waals surface area contributed by atoms with Crippen molar-refractivity contribution in [1.29, 1.82) is 0 Å². The molecule has 0 spiro atoms. The minimum atomic E-state index is -4.54. The summed E-state index contributed by atoms with van der Waals surface area (Å²) in [6, 6.07) is 15.5. The van der Waals surface area contributed by atoms with Crippen molar-refractivity contribution >= 4 is 27.3 Å². The van der Waals surface area contributed by atoms with Gasteiger partial charge in [0.2, 0.25) is 10.0 Å². The van der Waals surface area contributed by atoms with Crippen LogP contribution in [0, 0.1) is 0 Å². The van der Waals surface area contributed by atoms with E-state index in [0.717, 1.165) is 4.88 Å². The summed E-state index contributed by atoms with van der Waals surface area (Å²) in [4.78, 5) is 12.7. The van der Waals surface area contributed by atoms with Gasteiger partial charge in [0.1, 0.15) is 12.3 Å². The predicted molar refractivity (Wildman–Crippen MR) is 119 cm³/mol. The number of hydrogen-bond acceptors (Lipinski definition) is 5. The SMILES string of the molecule is COc1ccccc1CN(Cc1cccs1)S(=O)(=O)c1ccc(C(=O)NCC(F)(F)F)cc1. The van der Waals surface area contributed by atoms with Crippen LogP contribution in [0.2, 0.25) is 0 Å². The van der Waals surface area contributed by atoms with E-state index in [1.807, 2.05) is 17.5 Å². The first-order valence-electron chi connectivity index (χ1n) is 9.69. The first kappa shape index (κ1) is 24.7. The highest BCUT2D eigenvalue weighted by Gasteiger charge is 2.29. The van der Waals surface area contributed by atoms with Crippen LogP contribution in [0.1, 0.15) is 20.8 Å². The molecule has 3 rings (SSSR count). The van der Waals surface area contributed by atoms with Crippen LogP contribution in [-0.2, 0) is 23.1 Å². The normalized spacial score (nSPS) is 12.0. The fraction of sp³-hybridized carbons (Fsp3) is 0.227. The van der Waals surface area contributed by atoms with Gasteiger partial charge in [-0.15, -0.1) is 11.3 Å². The third-order valence-electron chi connectivity index (χ3n) is 4.66. The van der Waals surface area contributed by atoms with Crippen molar-refractivity contribution in [2.75, 3.05) is 13.7 Å². The Labute approximate surface area is 193 Å². The number of carbonyl (C=O) groups is 1. The lowest BCUT2D eigenvalue weighted by Crippen LogP contribution is -2.33. The fourth-order valence-corrected chi connectivity index (χ4v) is 5.23. The van der Waals surface area contributed by atoms with Gasteiger partial charge < -0.3 is 10.1 Å². The van der Waals surface area contributed by atoms with Crippen LogP contribution in [-0.4, -0.2) is 38.5 Å². The molecule has 1 N–H and O–H groups in total. The molecule has 1 heterocycles. The summed E-state index contributed by atoms with van der Waals surface area (Å²) in [5, 5.41) is 3.60. The number of alkyl halides is 3. The van der Waals surface area contributed by atoms with Crippen molar-refractivity contribution in [3.8, 4) is 5.75 Å². The van der Waals surface area contributed by atoms with Gasteiger partial charge in [0.05, 0.1) is 12.0 Å². The molecule has 0 aliphatic heterocycles. The smallest absolute Gasteiger partial charge is 0.405 e. The van der Waals surface area contributed by atoms with Gasteiger partial charge in [0.25, 0.3) is 5.91 Å². The van der Waals surface area contributed by atoms with Gasteiger partial charge in [-0.05, 0) is 41.8 Å². The van der Waals surface area contributed by atoms with Crippen LogP contribution in [0.3, 0.4) is 0 Å². The Morgan fingerprint density at radius 3 is 2.33 bits per heavy atom. The van der Waals surface area contributed by atoms with Gasteiger partial charge in [-0.2, -0.15) is 17.5 Å². The Kier molecular flexibility index (Phi) is 7.77. The molecule has 0 aliphatic carbocycles. The van der Waals surface area contributed by atoms with Crippen LogP contribution in [0.5, 0.6) is 5.75 Å². The Hall–Kier alpha value is -2.89. The van der Waals surface area contributed by atoms with E-state index in [2.05, 4.69) is 0 Å². The number of nitrogens with one attached hydrogen (secondary N) is 1. The summed E-state index contributed by atoms with van der Waals surface area (Å²) < 4.78 is 70.5. The van der Waals surface area contributed by atoms with E-state index in [-0.39, 0.29) is 23.5 Å². The summed E-state index contributed by atoms with van der Waals surface area (Å²) in [6.45, 7) is -1.32. The molecule has 0 fully saturated rings. The van der Waals surface area contributed by atoms with Crippen molar-refractivity contribution in [3.05, 3.63) is 82.0 Å². The maximum Gasteiger partial charge on any atom is 0.405 e. The molecule has 6 nitrogen and oxygen atoms in total. The van der Waals surface area contributed by atoms with Crippen molar-refractivity contribution in [1.82, 2.24) is 9.62 Å². The second-order valence-electron chi connectivity index (χ2n) is 6.99. The summed E-state index contributed by atoms with van der Waals surface area (Å²) in [7, 11) is -2.51. The molecule has 1 amide bonds. The second kappa shape index (κ2) is 10.4. The summed E-state index contributed by atoms with van der Waals surface area (Å²) in [6.07, 6.45) is -4.54. The summed E-state index contributed by atoms with van der Waals surface area (Å²) in [5.41, 5.74) is 0.594. The lowest BCUT2D eigenvalue weighted by Gasteiger charge is -2.23. The van der Waals surface area contributed by atoms with E-state index in [1.165, 1.54) is 47.0 Å². The zero-order valence-electron chi connectivity index (χ0n) is 17.5. The first-order chi connectivity index (χ1) is 15.6. The number of benzene rings is 2. The third kappa shape index (κ3) is 6.56. The van der Waals surface area contributed by atoms with E-state index in [1.54, 1.807) is 29.6 Å². The molecule has 0 unspecified atom stereocenters. The van der Waals surface area contributed by atoms with E-state index in [9.17, 15) is 26.4 Å². The summed E-state index contributed by atoms with van der Waals surface area (Å²) >= 11 is 1.41. The van der Waals surface area contributed by atoms with Crippen molar-refractivity contribution in [2.45, 2.75) is 24.2 Å². The van der Waals surface area contributed by atoms with E-state index < -0.39 is 28.7 Å². The zero-order chi connectivity index (χ0) is 24.1. The number of para-hydroxylation sites is 1. The van der Waals surface area contributed by atoms with Crippen LogP contribution in [0.25, 0.3) is 0 Å². The third-order valence-corrected chi connectivity index (χ3v) is 7.32. The standard InChI is InChI=1S/C22H21F3N2O4S2/c1-31-20-7-3-2-5-17(20)13-27(14-18-6-4-12-32-18)33(29,30)19-10-8-16(9-11-19)21(28)26-15-22(23,24)25/h2-12H,13-15H2,1H3,(H,26,28). The summed E-state index contributed by atoms with van der Waals surface area (Å²) in [5.74, 6) is -0.402. The fourth-order valence-electron chi connectivity index (χ4n) is 3.04. The Morgan fingerprint density at radius 2 is 1.73 bits per heavy atom. The van der Waals surface area contributed by atoms with Gasteiger partial charge in [-0.25, -0.2) is 8.42 Å². The van der Waals surface area contributed by atoms with Crippen molar-refractivity contribution in [2.24, 2.45) is 0 Å². The van der Waals surface area contributed by atoms with E-state index >= 15 is 0 Å². The first-order valence-corrected chi connectivity index (χ1v) is 12.0. The highest BCUT2D eigenvalue weighted by atomic mass is 32.2. The topological polar surface area (TPSA) is 75.7 Å². The highest BCUT2D eigenvalue weighted by molar-refractivity contribution is 7.89. The number of rotatable bonds is 9. The number of nitrogens with zero attached hydrogens (tertiary/aromatic N) is 1. The average Bonchev–Trinajstić information content (AvgIpc) is 3.30. The van der Waals surface area contributed by atoms with Crippen molar-refractivity contribution < 1.29 is 31.1 Å². The Balaban J connectivity index is 1.87. The zero-order valence-corrected chi connectivity index (χ0v) is 19.1. The molecule has 3 aromatic rings. The van der Waals surface area contributed by atoms with Gasteiger partial charge >= 0.3 is 6.18 Å². The average molecular weight is 499 g/mol. The van der Waals surface area contributed by atoms with Gasteiger partial charge in [0.15, 0.2) is 0 Å². The molecule has 0 aliphatic rings. The quantitative estimate of drug-likeness (QED) is 0.473. The molecule has 0 atom stereocenters. The maximum absolute atomic E-state index is 13.4. The van der Waals surface area contributed by atoms with E-state index in [0.29, 0.717) is 11.3 Å². The molecule has 1 aromatic heterocycles. The molecule has 11 heteroatoms. The number of halogens is 3. The van der Waals surface area contributed by atoms with Crippen LogP contribution < -0.4 is 10.1 Å². The lowest BCUT2D eigenvalue weighted by molar-refractivity contribution is -0.123. The molecule has 0 saturated carbocycles. The van der Waals surface area contributed by atoms with E-state index in [4.69, 9.17) is 4.74 Å².